The number of amides is 1. The molecule has 1 aliphatic rings. The summed E-state index contributed by atoms with van der Waals surface area (Å²) in [6, 6.07) is 9.92. The van der Waals surface area contributed by atoms with Gasteiger partial charge in [0.05, 0.1) is 11.5 Å². The average molecular weight is 295 g/mol. The van der Waals surface area contributed by atoms with Gasteiger partial charge in [-0.3, -0.25) is 4.79 Å². The van der Waals surface area contributed by atoms with Crippen molar-refractivity contribution in [2.75, 3.05) is 18.1 Å². The van der Waals surface area contributed by atoms with Gasteiger partial charge in [-0.2, -0.15) is 0 Å². The Balaban J connectivity index is 1.76. The van der Waals surface area contributed by atoms with Crippen molar-refractivity contribution in [2.45, 2.75) is 25.7 Å². The molecule has 1 N–H and O–H groups in total. The molecule has 1 aliphatic heterocycles. The van der Waals surface area contributed by atoms with Gasteiger partial charge in [0, 0.05) is 13.0 Å². The molecule has 0 bridgehead atoms. The van der Waals surface area contributed by atoms with E-state index >= 15 is 0 Å². The van der Waals surface area contributed by atoms with Crippen LogP contribution in [0, 0.1) is 5.92 Å². The Bertz CT molecular complexity index is 554. The van der Waals surface area contributed by atoms with Gasteiger partial charge in [0.2, 0.25) is 5.91 Å². The summed E-state index contributed by atoms with van der Waals surface area (Å²) in [5.41, 5.74) is 1.14. The van der Waals surface area contributed by atoms with Gasteiger partial charge in [-0.15, -0.1) is 0 Å². The van der Waals surface area contributed by atoms with Crippen LogP contribution in [0.3, 0.4) is 0 Å². The van der Waals surface area contributed by atoms with Crippen molar-refractivity contribution in [2.24, 2.45) is 5.92 Å². The summed E-state index contributed by atoms with van der Waals surface area (Å²) in [6.07, 6.45) is 1.10. The summed E-state index contributed by atoms with van der Waals surface area (Å²) in [5, 5.41) is 2.86. The molecule has 110 valence electrons. The van der Waals surface area contributed by atoms with Crippen molar-refractivity contribution in [3.63, 3.8) is 0 Å². The van der Waals surface area contributed by atoms with Crippen molar-refractivity contribution in [3.8, 4) is 0 Å². The van der Waals surface area contributed by atoms with Crippen molar-refractivity contribution >= 4 is 15.7 Å². The second kappa shape index (κ2) is 6.39. The molecule has 5 heteroatoms. The molecular formula is C15H21NO3S. The van der Waals surface area contributed by atoms with Crippen molar-refractivity contribution in [1.82, 2.24) is 5.32 Å². The topological polar surface area (TPSA) is 63.2 Å². The maximum absolute atomic E-state index is 11.9. The van der Waals surface area contributed by atoms with Crippen LogP contribution in [-0.2, 0) is 14.6 Å². The van der Waals surface area contributed by atoms with Gasteiger partial charge in [-0.25, -0.2) is 8.42 Å². The second-order valence-electron chi connectivity index (χ2n) is 5.59. The van der Waals surface area contributed by atoms with Gasteiger partial charge in [-0.1, -0.05) is 37.3 Å². The van der Waals surface area contributed by atoms with E-state index in [1.54, 1.807) is 0 Å². The van der Waals surface area contributed by atoms with Gasteiger partial charge in [0.25, 0.3) is 0 Å². The first kappa shape index (κ1) is 15.0. The Morgan fingerprint density at radius 1 is 1.35 bits per heavy atom. The number of carbonyl (C=O) groups is 1. The Kier molecular flexibility index (Phi) is 4.81. The van der Waals surface area contributed by atoms with E-state index in [0.717, 1.165) is 5.56 Å². The third kappa shape index (κ3) is 4.34. The summed E-state index contributed by atoms with van der Waals surface area (Å²) in [5.74, 6) is 0.709. The number of hydrogen-bond acceptors (Lipinski definition) is 3. The number of benzene rings is 1. The zero-order valence-corrected chi connectivity index (χ0v) is 12.5. The van der Waals surface area contributed by atoms with Crippen LogP contribution < -0.4 is 5.32 Å². The minimum absolute atomic E-state index is 0.00866. The van der Waals surface area contributed by atoms with Crippen molar-refractivity contribution < 1.29 is 13.2 Å². The van der Waals surface area contributed by atoms with Crippen LogP contribution in [-0.4, -0.2) is 32.4 Å². The predicted molar refractivity (Wildman–Crippen MR) is 79.2 cm³/mol. The highest BCUT2D eigenvalue weighted by molar-refractivity contribution is 7.91. The predicted octanol–water partition coefficient (Wildman–Crippen LogP) is 1.73. The van der Waals surface area contributed by atoms with E-state index in [4.69, 9.17) is 0 Å². The normalized spacial score (nSPS) is 22.4. The standard InChI is InChI=1S/C15H21NO3S/c1-12(14-5-3-2-4-6-14)9-15(17)16-10-13-7-8-20(18,19)11-13/h2-6,12-13H,7-11H2,1H3,(H,16,17). The number of rotatable bonds is 5. The number of nitrogens with one attached hydrogen (secondary N) is 1. The maximum atomic E-state index is 11.9. The van der Waals surface area contributed by atoms with Crippen LogP contribution >= 0.6 is 0 Å². The quantitative estimate of drug-likeness (QED) is 0.900. The first-order chi connectivity index (χ1) is 9.46. The van der Waals surface area contributed by atoms with E-state index < -0.39 is 9.84 Å². The molecule has 1 amide bonds. The number of hydrogen-bond donors (Lipinski definition) is 1. The van der Waals surface area contributed by atoms with E-state index in [1.165, 1.54) is 0 Å². The maximum Gasteiger partial charge on any atom is 0.220 e. The third-order valence-electron chi connectivity index (χ3n) is 3.77. The zero-order chi connectivity index (χ0) is 14.6. The molecule has 20 heavy (non-hydrogen) atoms. The first-order valence-electron chi connectivity index (χ1n) is 6.98. The average Bonchev–Trinajstić information content (AvgIpc) is 2.77. The molecule has 1 fully saturated rings. The van der Waals surface area contributed by atoms with E-state index in [1.807, 2.05) is 37.3 Å². The molecular weight excluding hydrogens is 274 g/mol. The molecule has 2 unspecified atom stereocenters. The fraction of sp³-hybridized carbons (Fsp3) is 0.533. The van der Waals surface area contributed by atoms with Crippen LogP contribution in [0.5, 0.6) is 0 Å². The fourth-order valence-electron chi connectivity index (χ4n) is 2.54. The highest BCUT2D eigenvalue weighted by Crippen LogP contribution is 2.19. The molecule has 1 aromatic carbocycles. The Morgan fingerprint density at radius 2 is 2.05 bits per heavy atom. The monoisotopic (exact) mass is 295 g/mol. The SMILES string of the molecule is CC(CC(=O)NCC1CCS(=O)(=O)C1)c1ccccc1. The lowest BCUT2D eigenvalue weighted by atomic mass is 9.97. The summed E-state index contributed by atoms with van der Waals surface area (Å²) in [4.78, 5) is 11.9. The van der Waals surface area contributed by atoms with Crippen LogP contribution in [0.1, 0.15) is 31.2 Å². The fourth-order valence-corrected chi connectivity index (χ4v) is 4.40. The van der Waals surface area contributed by atoms with E-state index in [-0.39, 0.29) is 29.2 Å². The lowest BCUT2D eigenvalue weighted by molar-refractivity contribution is -0.121. The third-order valence-corrected chi connectivity index (χ3v) is 5.61. The van der Waals surface area contributed by atoms with Gasteiger partial charge in [0.15, 0.2) is 9.84 Å². The van der Waals surface area contributed by atoms with Crippen LogP contribution in [0.25, 0.3) is 0 Å². The van der Waals surface area contributed by atoms with Crippen LogP contribution in [0.2, 0.25) is 0 Å². The number of carbonyl (C=O) groups excluding carboxylic acids is 1. The van der Waals surface area contributed by atoms with Crippen LogP contribution in [0.15, 0.2) is 30.3 Å². The molecule has 0 aromatic heterocycles. The van der Waals surface area contributed by atoms with Gasteiger partial charge < -0.3 is 5.32 Å². The minimum Gasteiger partial charge on any atom is -0.356 e. The molecule has 2 atom stereocenters. The zero-order valence-electron chi connectivity index (χ0n) is 11.7. The Morgan fingerprint density at radius 3 is 2.65 bits per heavy atom. The Labute approximate surface area is 120 Å². The van der Waals surface area contributed by atoms with Gasteiger partial charge >= 0.3 is 0 Å². The van der Waals surface area contributed by atoms with E-state index in [0.29, 0.717) is 19.4 Å². The van der Waals surface area contributed by atoms with Gasteiger partial charge in [-0.05, 0) is 23.8 Å². The molecule has 1 heterocycles. The van der Waals surface area contributed by atoms with Crippen molar-refractivity contribution in [1.29, 1.82) is 0 Å². The summed E-state index contributed by atoms with van der Waals surface area (Å²) < 4.78 is 22.7. The summed E-state index contributed by atoms with van der Waals surface area (Å²) >= 11 is 0. The smallest absolute Gasteiger partial charge is 0.220 e. The van der Waals surface area contributed by atoms with Crippen LogP contribution in [0.4, 0.5) is 0 Å². The lowest BCUT2D eigenvalue weighted by Gasteiger charge is -2.13. The molecule has 4 nitrogen and oxygen atoms in total. The first-order valence-corrected chi connectivity index (χ1v) is 8.80. The van der Waals surface area contributed by atoms with Crippen molar-refractivity contribution in [3.05, 3.63) is 35.9 Å². The molecule has 0 aliphatic carbocycles. The highest BCUT2D eigenvalue weighted by atomic mass is 32.2. The van der Waals surface area contributed by atoms with Gasteiger partial charge in [0.1, 0.15) is 0 Å². The molecule has 0 saturated carbocycles. The molecule has 0 radical (unpaired) electrons. The molecule has 2 rings (SSSR count). The minimum atomic E-state index is -2.86. The molecule has 1 saturated heterocycles. The summed E-state index contributed by atoms with van der Waals surface area (Å²) in [7, 11) is -2.86. The van der Waals surface area contributed by atoms with E-state index in [2.05, 4.69) is 5.32 Å². The lowest BCUT2D eigenvalue weighted by Crippen LogP contribution is -2.30. The summed E-state index contributed by atoms with van der Waals surface area (Å²) in [6.45, 7) is 2.49. The van der Waals surface area contributed by atoms with E-state index in [9.17, 15) is 13.2 Å². The second-order valence-corrected chi connectivity index (χ2v) is 7.82. The largest absolute Gasteiger partial charge is 0.356 e. The molecule has 0 spiro atoms. The highest BCUT2D eigenvalue weighted by Gasteiger charge is 2.27. The number of sulfone groups is 1. The molecule has 1 aromatic rings. The Hall–Kier alpha value is -1.36.